The lowest BCUT2D eigenvalue weighted by molar-refractivity contribution is 0.392. The van der Waals surface area contributed by atoms with Crippen LogP contribution in [0.25, 0.3) is 0 Å². The van der Waals surface area contributed by atoms with E-state index < -0.39 is 0 Å². The van der Waals surface area contributed by atoms with Gasteiger partial charge in [0, 0.05) is 31.2 Å². The summed E-state index contributed by atoms with van der Waals surface area (Å²) < 4.78 is 5.16. The summed E-state index contributed by atoms with van der Waals surface area (Å²) >= 11 is 6.06. The van der Waals surface area contributed by atoms with Gasteiger partial charge in [-0.25, -0.2) is 0 Å². The fourth-order valence-corrected chi connectivity index (χ4v) is 2.15. The number of benzene rings is 1. The second-order valence-corrected chi connectivity index (χ2v) is 5.15. The van der Waals surface area contributed by atoms with Crippen LogP contribution in [0.4, 0.5) is 11.4 Å². The maximum atomic E-state index is 6.06. The third-order valence-corrected chi connectivity index (χ3v) is 3.31. The van der Waals surface area contributed by atoms with E-state index in [1.807, 2.05) is 51.0 Å². The van der Waals surface area contributed by atoms with Gasteiger partial charge in [-0.05, 0) is 32.0 Å². The van der Waals surface area contributed by atoms with Gasteiger partial charge >= 0.3 is 0 Å². The zero-order valence-corrected chi connectivity index (χ0v) is 12.4. The summed E-state index contributed by atoms with van der Waals surface area (Å²) in [6.07, 6.45) is 0. The SMILES string of the molecule is Cc1noc(C)c1CNc1cc(Cl)ccc1N(C)C. The average Bonchev–Trinajstić information content (AvgIpc) is 2.66. The van der Waals surface area contributed by atoms with Crippen LogP contribution in [0, 0.1) is 13.8 Å². The summed E-state index contributed by atoms with van der Waals surface area (Å²) in [6, 6.07) is 5.81. The molecule has 0 amide bonds. The summed E-state index contributed by atoms with van der Waals surface area (Å²) in [5, 5.41) is 8.06. The summed E-state index contributed by atoms with van der Waals surface area (Å²) in [4.78, 5) is 2.05. The second kappa shape index (κ2) is 5.53. The van der Waals surface area contributed by atoms with Gasteiger partial charge in [0.05, 0.1) is 17.1 Å². The Balaban J connectivity index is 2.22. The van der Waals surface area contributed by atoms with Crippen molar-refractivity contribution in [2.75, 3.05) is 24.3 Å². The molecule has 0 aliphatic rings. The number of anilines is 2. The van der Waals surface area contributed by atoms with E-state index in [0.717, 1.165) is 28.4 Å². The molecule has 102 valence electrons. The number of halogens is 1. The molecular formula is C14H18ClN3O. The molecule has 0 fully saturated rings. The van der Waals surface area contributed by atoms with Gasteiger partial charge in [-0.15, -0.1) is 0 Å². The van der Waals surface area contributed by atoms with E-state index in [-0.39, 0.29) is 0 Å². The maximum Gasteiger partial charge on any atom is 0.138 e. The van der Waals surface area contributed by atoms with E-state index in [4.69, 9.17) is 16.1 Å². The highest BCUT2D eigenvalue weighted by molar-refractivity contribution is 6.31. The molecule has 1 N–H and O–H groups in total. The Morgan fingerprint density at radius 3 is 2.63 bits per heavy atom. The first-order chi connectivity index (χ1) is 8.99. The number of rotatable bonds is 4. The van der Waals surface area contributed by atoms with Gasteiger partial charge in [-0.2, -0.15) is 0 Å². The number of hydrogen-bond acceptors (Lipinski definition) is 4. The number of aromatic nitrogens is 1. The summed E-state index contributed by atoms with van der Waals surface area (Å²) in [6.45, 7) is 4.53. The Morgan fingerprint density at radius 1 is 1.32 bits per heavy atom. The van der Waals surface area contributed by atoms with Gasteiger partial charge in [-0.3, -0.25) is 0 Å². The van der Waals surface area contributed by atoms with E-state index in [9.17, 15) is 0 Å². The molecule has 0 unspecified atom stereocenters. The molecule has 1 aromatic heterocycles. The Kier molecular flexibility index (Phi) is 4.00. The number of hydrogen-bond donors (Lipinski definition) is 1. The first kappa shape index (κ1) is 13.7. The molecule has 0 saturated carbocycles. The van der Waals surface area contributed by atoms with E-state index in [1.54, 1.807) is 0 Å². The van der Waals surface area contributed by atoms with Crippen LogP contribution >= 0.6 is 11.6 Å². The minimum atomic E-state index is 0.669. The minimum absolute atomic E-state index is 0.669. The highest BCUT2D eigenvalue weighted by atomic mass is 35.5. The molecule has 0 atom stereocenters. The lowest BCUT2D eigenvalue weighted by atomic mass is 10.2. The summed E-state index contributed by atoms with van der Waals surface area (Å²) in [7, 11) is 4.01. The van der Waals surface area contributed by atoms with Crippen molar-refractivity contribution in [3.8, 4) is 0 Å². The normalized spacial score (nSPS) is 10.6. The number of aryl methyl sites for hydroxylation is 2. The standard InChI is InChI=1S/C14H18ClN3O/c1-9-12(10(2)19-17-9)8-16-13-7-11(15)5-6-14(13)18(3)4/h5-7,16H,8H2,1-4H3. The predicted octanol–water partition coefficient (Wildman–Crippen LogP) is 3.62. The van der Waals surface area contributed by atoms with Crippen LogP contribution in [0.2, 0.25) is 5.02 Å². The average molecular weight is 280 g/mol. The highest BCUT2D eigenvalue weighted by Crippen LogP contribution is 2.28. The third kappa shape index (κ3) is 3.01. The van der Waals surface area contributed by atoms with Crippen molar-refractivity contribution >= 4 is 23.0 Å². The van der Waals surface area contributed by atoms with Crippen molar-refractivity contribution in [1.82, 2.24) is 5.16 Å². The zero-order valence-electron chi connectivity index (χ0n) is 11.6. The van der Waals surface area contributed by atoms with Gasteiger partial charge in [0.15, 0.2) is 0 Å². The lowest BCUT2D eigenvalue weighted by Gasteiger charge is -2.18. The van der Waals surface area contributed by atoms with E-state index >= 15 is 0 Å². The summed E-state index contributed by atoms with van der Waals surface area (Å²) in [5.74, 6) is 0.846. The largest absolute Gasteiger partial charge is 0.379 e. The fraction of sp³-hybridized carbons (Fsp3) is 0.357. The molecule has 2 aromatic rings. The van der Waals surface area contributed by atoms with Crippen LogP contribution in [0.1, 0.15) is 17.0 Å². The highest BCUT2D eigenvalue weighted by Gasteiger charge is 2.10. The van der Waals surface area contributed by atoms with E-state index in [0.29, 0.717) is 11.6 Å². The summed E-state index contributed by atoms with van der Waals surface area (Å²) in [5.41, 5.74) is 4.09. The van der Waals surface area contributed by atoms with Gasteiger partial charge in [-0.1, -0.05) is 16.8 Å². The van der Waals surface area contributed by atoms with Gasteiger partial charge in [0.2, 0.25) is 0 Å². The van der Waals surface area contributed by atoms with Crippen LogP contribution in [0.5, 0.6) is 0 Å². The van der Waals surface area contributed by atoms with Crippen LogP contribution in [-0.4, -0.2) is 19.3 Å². The quantitative estimate of drug-likeness (QED) is 0.928. The maximum absolute atomic E-state index is 6.06. The van der Waals surface area contributed by atoms with Crippen LogP contribution in [-0.2, 0) is 6.54 Å². The molecule has 0 aliphatic heterocycles. The molecule has 1 aromatic carbocycles. The Hall–Kier alpha value is -1.68. The van der Waals surface area contributed by atoms with Crippen molar-refractivity contribution in [1.29, 1.82) is 0 Å². The van der Waals surface area contributed by atoms with E-state index in [2.05, 4.69) is 10.5 Å². The predicted molar refractivity (Wildman–Crippen MR) is 79.1 cm³/mol. The molecule has 0 bridgehead atoms. The molecule has 0 radical (unpaired) electrons. The van der Waals surface area contributed by atoms with Crippen molar-refractivity contribution in [2.45, 2.75) is 20.4 Å². The van der Waals surface area contributed by atoms with Crippen LogP contribution in [0.3, 0.4) is 0 Å². The molecule has 0 aliphatic carbocycles. The lowest BCUT2D eigenvalue weighted by Crippen LogP contribution is -2.12. The van der Waals surface area contributed by atoms with Crippen LogP contribution < -0.4 is 10.2 Å². The molecular weight excluding hydrogens is 262 g/mol. The van der Waals surface area contributed by atoms with Crippen molar-refractivity contribution in [3.63, 3.8) is 0 Å². The zero-order chi connectivity index (χ0) is 14.0. The first-order valence-electron chi connectivity index (χ1n) is 6.11. The Morgan fingerprint density at radius 2 is 2.05 bits per heavy atom. The van der Waals surface area contributed by atoms with E-state index in [1.165, 1.54) is 0 Å². The van der Waals surface area contributed by atoms with Crippen molar-refractivity contribution < 1.29 is 4.52 Å². The van der Waals surface area contributed by atoms with Crippen molar-refractivity contribution in [3.05, 3.63) is 40.2 Å². The fourth-order valence-electron chi connectivity index (χ4n) is 1.98. The Bertz CT molecular complexity index is 559. The van der Waals surface area contributed by atoms with Gasteiger partial charge in [0.1, 0.15) is 5.76 Å². The van der Waals surface area contributed by atoms with Gasteiger partial charge in [0.25, 0.3) is 0 Å². The molecule has 2 rings (SSSR count). The Labute approximate surface area is 118 Å². The molecule has 0 spiro atoms. The molecule has 1 heterocycles. The second-order valence-electron chi connectivity index (χ2n) is 4.71. The molecule has 19 heavy (non-hydrogen) atoms. The first-order valence-corrected chi connectivity index (χ1v) is 6.49. The smallest absolute Gasteiger partial charge is 0.138 e. The van der Waals surface area contributed by atoms with Gasteiger partial charge < -0.3 is 14.7 Å². The third-order valence-electron chi connectivity index (χ3n) is 3.08. The molecule has 0 saturated heterocycles. The number of nitrogens with zero attached hydrogens (tertiary/aromatic N) is 2. The molecule has 5 heteroatoms. The monoisotopic (exact) mass is 279 g/mol. The minimum Gasteiger partial charge on any atom is -0.379 e. The van der Waals surface area contributed by atoms with Crippen molar-refractivity contribution in [2.24, 2.45) is 0 Å². The van der Waals surface area contributed by atoms with Crippen LogP contribution in [0.15, 0.2) is 22.7 Å². The molecule has 4 nitrogen and oxygen atoms in total. The topological polar surface area (TPSA) is 41.3 Å². The number of nitrogens with one attached hydrogen (secondary N) is 1.